The summed E-state index contributed by atoms with van der Waals surface area (Å²) in [5.74, 6) is -0.548. The number of carboxylic acid groups (broad SMARTS) is 1. The molecular weight excluding hydrogens is 271 g/mol. The van der Waals surface area contributed by atoms with Gasteiger partial charge in [-0.05, 0) is 0 Å². The van der Waals surface area contributed by atoms with E-state index in [2.05, 4.69) is 13.8 Å². The summed E-state index contributed by atoms with van der Waals surface area (Å²) in [6.45, 7) is 4.37. The van der Waals surface area contributed by atoms with Crippen LogP contribution >= 0.6 is 0 Å². The maximum absolute atomic E-state index is 10.6. The summed E-state index contributed by atoms with van der Waals surface area (Å²) in [5, 5.41) is 8.74. The molecular formula is C10H22O2Sn. The summed E-state index contributed by atoms with van der Waals surface area (Å²) in [6.07, 6.45) is 4.97. The van der Waals surface area contributed by atoms with Gasteiger partial charge >= 0.3 is 88.5 Å². The summed E-state index contributed by atoms with van der Waals surface area (Å²) >= 11 is -1.61. The van der Waals surface area contributed by atoms with Crippen molar-refractivity contribution >= 4 is 25.7 Å². The van der Waals surface area contributed by atoms with E-state index in [0.717, 1.165) is 0 Å². The van der Waals surface area contributed by atoms with Gasteiger partial charge in [0, 0.05) is 0 Å². The zero-order chi connectivity index (χ0) is 10.1. The molecule has 0 unspecified atom stereocenters. The SMILES string of the molecule is CCC[CH2][SnH]([CH2]CCC)[CH2]C(=O)O. The first-order valence-electron chi connectivity index (χ1n) is 5.42. The van der Waals surface area contributed by atoms with E-state index in [1.54, 1.807) is 0 Å². The van der Waals surface area contributed by atoms with Crippen LogP contribution in [-0.4, -0.2) is 30.8 Å². The van der Waals surface area contributed by atoms with Gasteiger partial charge in [0.15, 0.2) is 0 Å². The van der Waals surface area contributed by atoms with E-state index < -0.39 is 25.7 Å². The Labute approximate surface area is 88.5 Å². The Morgan fingerprint density at radius 2 is 1.62 bits per heavy atom. The molecule has 78 valence electrons. The molecule has 0 aromatic carbocycles. The van der Waals surface area contributed by atoms with Crippen LogP contribution in [0.25, 0.3) is 0 Å². The van der Waals surface area contributed by atoms with Gasteiger partial charge in [0.25, 0.3) is 0 Å². The van der Waals surface area contributed by atoms with Crippen molar-refractivity contribution in [1.82, 2.24) is 0 Å². The summed E-state index contributed by atoms with van der Waals surface area (Å²) in [7, 11) is 0. The third-order valence-electron chi connectivity index (χ3n) is 2.40. The Balaban J connectivity index is 3.66. The van der Waals surface area contributed by atoms with Crippen molar-refractivity contribution in [1.29, 1.82) is 0 Å². The molecule has 0 heterocycles. The Kier molecular flexibility index (Phi) is 9.03. The van der Waals surface area contributed by atoms with Gasteiger partial charge in [-0.1, -0.05) is 0 Å². The standard InChI is InChI=1S/2C4H9.C2H3O2.Sn.H/c2*1-3-4-2;1-2(3)4;;/h2*1,3-4H2,2H3;1H2,(H,3,4);;. The van der Waals surface area contributed by atoms with Gasteiger partial charge in [0.2, 0.25) is 0 Å². The fourth-order valence-electron chi connectivity index (χ4n) is 1.58. The Bertz CT molecular complexity index is 129. The van der Waals surface area contributed by atoms with Crippen LogP contribution in [0.4, 0.5) is 0 Å². The summed E-state index contributed by atoms with van der Waals surface area (Å²) in [5.41, 5.74) is 0. The minimum absolute atomic E-state index is 0.548. The molecule has 0 amide bonds. The first-order valence-corrected chi connectivity index (χ1v) is 12.4. The van der Waals surface area contributed by atoms with Gasteiger partial charge in [-0.3, -0.25) is 0 Å². The van der Waals surface area contributed by atoms with E-state index in [1.165, 1.54) is 34.6 Å². The van der Waals surface area contributed by atoms with E-state index in [4.69, 9.17) is 5.11 Å². The van der Waals surface area contributed by atoms with Gasteiger partial charge in [0.1, 0.15) is 0 Å². The fraction of sp³-hybridized carbons (Fsp3) is 0.900. The number of unbranched alkanes of at least 4 members (excludes halogenated alkanes) is 2. The van der Waals surface area contributed by atoms with Gasteiger partial charge < -0.3 is 0 Å². The maximum atomic E-state index is 10.6. The van der Waals surface area contributed by atoms with Crippen LogP contribution in [0.15, 0.2) is 0 Å². The van der Waals surface area contributed by atoms with Crippen LogP contribution in [0.2, 0.25) is 13.3 Å². The second-order valence-corrected chi connectivity index (χ2v) is 13.2. The molecule has 0 spiro atoms. The number of aliphatic carboxylic acids is 1. The van der Waals surface area contributed by atoms with E-state index in [9.17, 15) is 4.79 Å². The molecule has 2 nitrogen and oxygen atoms in total. The molecule has 0 saturated heterocycles. The average Bonchev–Trinajstić information content (AvgIpc) is 2.09. The van der Waals surface area contributed by atoms with Crippen molar-refractivity contribution < 1.29 is 9.90 Å². The molecule has 0 aromatic rings. The second kappa shape index (κ2) is 8.85. The number of hydrogen-bond donors (Lipinski definition) is 1. The molecule has 3 heteroatoms. The van der Waals surface area contributed by atoms with E-state index in [-0.39, 0.29) is 0 Å². The molecule has 0 saturated carbocycles. The monoisotopic (exact) mass is 294 g/mol. The van der Waals surface area contributed by atoms with Crippen molar-refractivity contribution in [2.45, 2.75) is 52.8 Å². The molecule has 0 bridgehead atoms. The first kappa shape index (κ1) is 13.3. The van der Waals surface area contributed by atoms with Crippen molar-refractivity contribution in [3.63, 3.8) is 0 Å². The molecule has 0 rings (SSSR count). The quantitative estimate of drug-likeness (QED) is 0.699. The molecule has 13 heavy (non-hydrogen) atoms. The Morgan fingerprint density at radius 3 is 1.92 bits per heavy atom. The molecule has 0 fully saturated rings. The van der Waals surface area contributed by atoms with Crippen LogP contribution < -0.4 is 0 Å². The normalized spacial score (nSPS) is 10.7. The Hall–Kier alpha value is 0.269. The van der Waals surface area contributed by atoms with E-state index in [1.807, 2.05) is 0 Å². The van der Waals surface area contributed by atoms with Crippen LogP contribution in [0.3, 0.4) is 0 Å². The first-order chi connectivity index (χ1) is 6.20. The molecule has 1 N–H and O–H groups in total. The minimum atomic E-state index is -1.61. The zero-order valence-electron chi connectivity index (χ0n) is 8.88. The molecule has 0 aliphatic rings. The topological polar surface area (TPSA) is 37.3 Å². The van der Waals surface area contributed by atoms with Crippen molar-refractivity contribution in [3.8, 4) is 0 Å². The van der Waals surface area contributed by atoms with Crippen LogP contribution in [0.5, 0.6) is 0 Å². The van der Waals surface area contributed by atoms with Crippen molar-refractivity contribution in [3.05, 3.63) is 0 Å². The molecule has 0 aliphatic carbocycles. The van der Waals surface area contributed by atoms with Crippen LogP contribution in [0.1, 0.15) is 39.5 Å². The van der Waals surface area contributed by atoms with Gasteiger partial charge in [-0.15, -0.1) is 0 Å². The molecule has 0 atom stereocenters. The molecule has 0 radical (unpaired) electrons. The molecule has 0 aliphatic heterocycles. The van der Waals surface area contributed by atoms with E-state index >= 15 is 0 Å². The van der Waals surface area contributed by atoms with Gasteiger partial charge in [0.05, 0.1) is 0 Å². The predicted molar refractivity (Wildman–Crippen MR) is 59.0 cm³/mol. The van der Waals surface area contributed by atoms with Crippen molar-refractivity contribution in [2.24, 2.45) is 0 Å². The number of carbonyl (C=O) groups is 1. The predicted octanol–water partition coefficient (Wildman–Crippen LogP) is 2.90. The summed E-state index contributed by atoms with van der Waals surface area (Å²) < 4.78 is 3.16. The zero-order valence-corrected chi connectivity index (χ0v) is 12.2. The number of carboxylic acids is 1. The average molecular weight is 293 g/mol. The second-order valence-electron chi connectivity index (χ2n) is 3.75. The van der Waals surface area contributed by atoms with Crippen LogP contribution in [-0.2, 0) is 4.79 Å². The van der Waals surface area contributed by atoms with Crippen LogP contribution in [0, 0.1) is 0 Å². The third kappa shape index (κ3) is 8.59. The van der Waals surface area contributed by atoms with Gasteiger partial charge in [-0.25, -0.2) is 0 Å². The molecule has 0 aromatic heterocycles. The third-order valence-corrected chi connectivity index (χ3v) is 12.0. The summed E-state index contributed by atoms with van der Waals surface area (Å²) in [6, 6.07) is 0. The number of hydrogen-bond acceptors (Lipinski definition) is 1. The fourth-order valence-corrected chi connectivity index (χ4v) is 10.6. The number of rotatable bonds is 8. The van der Waals surface area contributed by atoms with E-state index in [0.29, 0.717) is 4.44 Å². The van der Waals surface area contributed by atoms with Crippen molar-refractivity contribution in [2.75, 3.05) is 0 Å². The van der Waals surface area contributed by atoms with Gasteiger partial charge in [-0.2, -0.15) is 0 Å². The summed E-state index contributed by atoms with van der Waals surface area (Å²) in [4.78, 5) is 10.6. The Morgan fingerprint density at radius 1 is 1.15 bits per heavy atom.